The third kappa shape index (κ3) is 2.75. The van der Waals surface area contributed by atoms with Crippen molar-refractivity contribution in [3.8, 4) is 5.75 Å². The van der Waals surface area contributed by atoms with Crippen LogP contribution in [0.25, 0.3) is 5.76 Å². The van der Waals surface area contributed by atoms with Crippen LogP contribution in [0.3, 0.4) is 0 Å². The number of nitrogens with zero attached hydrogens (tertiary/aromatic N) is 1. The van der Waals surface area contributed by atoms with Crippen molar-refractivity contribution in [3.63, 3.8) is 0 Å². The van der Waals surface area contributed by atoms with Crippen LogP contribution >= 0.6 is 0 Å². The summed E-state index contributed by atoms with van der Waals surface area (Å²) in [6.45, 7) is 11.4. The van der Waals surface area contributed by atoms with Crippen molar-refractivity contribution in [2.75, 3.05) is 6.61 Å². The van der Waals surface area contributed by atoms with E-state index < -0.39 is 0 Å². The SMILES string of the molecule is CC(C)(C)C1=C(c2cccc(O)c2/C=N\O)OCC1(C)C. The molecular formula is C17H23NO3. The molecule has 1 aliphatic rings. The van der Waals surface area contributed by atoms with Crippen LogP contribution in [0, 0.1) is 10.8 Å². The van der Waals surface area contributed by atoms with Gasteiger partial charge in [0, 0.05) is 16.5 Å². The maximum Gasteiger partial charge on any atom is 0.127 e. The van der Waals surface area contributed by atoms with Gasteiger partial charge >= 0.3 is 0 Å². The van der Waals surface area contributed by atoms with Gasteiger partial charge in [-0.2, -0.15) is 0 Å². The molecule has 1 aliphatic heterocycles. The van der Waals surface area contributed by atoms with Crippen molar-refractivity contribution in [2.24, 2.45) is 16.0 Å². The summed E-state index contributed by atoms with van der Waals surface area (Å²) in [5.41, 5.74) is 2.28. The van der Waals surface area contributed by atoms with Gasteiger partial charge < -0.3 is 15.1 Å². The molecule has 4 heteroatoms. The molecule has 1 heterocycles. The monoisotopic (exact) mass is 289 g/mol. The third-order valence-electron chi connectivity index (χ3n) is 3.75. The number of rotatable bonds is 2. The fourth-order valence-electron chi connectivity index (χ4n) is 3.22. The molecule has 0 amide bonds. The summed E-state index contributed by atoms with van der Waals surface area (Å²) in [5, 5.41) is 21.9. The van der Waals surface area contributed by atoms with E-state index in [-0.39, 0.29) is 16.6 Å². The highest BCUT2D eigenvalue weighted by atomic mass is 16.5. The standard InChI is InChI=1S/C17H23NO3/c1-16(2,3)15-14(21-10-17(15,4)5)11-7-6-8-13(19)12(11)9-18-20/h6-9,19-20H,10H2,1-5H3/b18-9-. The van der Waals surface area contributed by atoms with Crippen LogP contribution in [0.2, 0.25) is 0 Å². The Morgan fingerprint density at radius 2 is 1.95 bits per heavy atom. The molecule has 114 valence electrons. The minimum Gasteiger partial charge on any atom is -0.507 e. The first-order valence-electron chi connectivity index (χ1n) is 7.06. The largest absolute Gasteiger partial charge is 0.507 e. The van der Waals surface area contributed by atoms with Gasteiger partial charge in [0.2, 0.25) is 0 Å². The quantitative estimate of drug-likeness (QED) is 0.491. The minimum atomic E-state index is -0.0767. The summed E-state index contributed by atoms with van der Waals surface area (Å²) in [5.74, 6) is 0.845. The number of hydrogen-bond acceptors (Lipinski definition) is 4. The number of oxime groups is 1. The number of benzene rings is 1. The molecule has 0 radical (unpaired) electrons. The Morgan fingerprint density at radius 3 is 2.52 bits per heavy atom. The Kier molecular flexibility index (Phi) is 3.74. The van der Waals surface area contributed by atoms with E-state index in [1.807, 2.05) is 6.07 Å². The van der Waals surface area contributed by atoms with Gasteiger partial charge in [0.05, 0.1) is 12.8 Å². The molecule has 0 bridgehead atoms. The number of phenolic OH excluding ortho intramolecular Hbond substituents is 1. The van der Waals surface area contributed by atoms with E-state index in [0.29, 0.717) is 12.2 Å². The van der Waals surface area contributed by atoms with E-state index in [9.17, 15) is 5.11 Å². The fraction of sp³-hybridized carbons (Fsp3) is 0.471. The number of aromatic hydroxyl groups is 1. The van der Waals surface area contributed by atoms with Crippen LogP contribution in [0.5, 0.6) is 5.75 Å². The molecular weight excluding hydrogens is 266 g/mol. The minimum absolute atomic E-state index is 0.0611. The van der Waals surface area contributed by atoms with Gasteiger partial charge in [-0.3, -0.25) is 0 Å². The van der Waals surface area contributed by atoms with Gasteiger partial charge in [-0.1, -0.05) is 51.9 Å². The van der Waals surface area contributed by atoms with Crippen molar-refractivity contribution in [1.82, 2.24) is 0 Å². The smallest absolute Gasteiger partial charge is 0.127 e. The second-order valence-corrected chi connectivity index (χ2v) is 7.11. The third-order valence-corrected chi connectivity index (χ3v) is 3.75. The first kappa shape index (κ1) is 15.4. The maximum atomic E-state index is 10.0. The normalized spacial score (nSPS) is 18.3. The zero-order valence-electron chi connectivity index (χ0n) is 13.3. The van der Waals surface area contributed by atoms with Gasteiger partial charge in [0.1, 0.15) is 11.5 Å². The van der Waals surface area contributed by atoms with Crippen LogP contribution in [0.4, 0.5) is 0 Å². The van der Waals surface area contributed by atoms with E-state index in [1.54, 1.807) is 12.1 Å². The van der Waals surface area contributed by atoms with Crippen molar-refractivity contribution in [3.05, 3.63) is 34.9 Å². The Morgan fingerprint density at radius 1 is 1.29 bits per heavy atom. The van der Waals surface area contributed by atoms with Crippen molar-refractivity contribution < 1.29 is 15.1 Å². The van der Waals surface area contributed by atoms with Crippen molar-refractivity contribution in [2.45, 2.75) is 34.6 Å². The van der Waals surface area contributed by atoms with Gasteiger partial charge in [0.15, 0.2) is 0 Å². The molecule has 2 N–H and O–H groups in total. The Balaban J connectivity index is 2.73. The van der Waals surface area contributed by atoms with Crippen LogP contribution in [0.15, 0.2) is 28.9 Å². The zero-order valence-corrected chi connectivity index (χ0v) is 13.3. The van der Waals surface area contributed by atoms with E-state index in [4.69, 9.17) is 9.94 Å². The highest BCUT2D eigenvalue weighted by Gasteiger charge is 2.41. The lowest BCUT2D eigenvalue weighted by Crippen LogP contribution is -2.24. The first-order valence-corrected chi connectivity index (χ1v) is 7.06. The second kappa shape index (κ2) is 5.10. The van der Waals surface area contributed by atoms with E-state index in [1.165, 1.54) is 11.8 Å². The summed E-state index contributed by atoms with van der Waals surface area (Å²) in [6.07, 6.45) is 1.24. The van der Waals surface area contributed by atoms with E-state index in [0.717, 1.165) is 11.3 Å². The fourth-order valence-corrected chi connectivity index (χ4v) is 3.22. The molecule has 0 aromatic heterocycles. The molecule has 0 fully saturated rings. The lowest BCUT2D eigenvalue weighted by molar-refractivity contribution is 0.213. The second-order valence-electron chi connectivity index (χ2n) is 7.11. The molecule has 0 atom stereocenters. The highest BCUT2D eigenvalue weighted by Crippen LogP contribution is 2.50. The van der Waals surface area contributed by atoms with Gasteiger partial charge in [-0.15, -0.1) is 0 Å². The molecule has 0 saturated carbocycles. The lowest BCUT2D eigenvalue weighted by Gasteiger charge is -2.31. The van der Waals surface area contributed by atoms with Crippen LogP contribution in [-0.4, -0.2) is 23.1 Å². The highest BCUT2D eigenvalue weighted by molar-refractivity contribution is 5.91. The number of phenols is 1. The average molecular weight is 289 g/mol. The Hall–Kier alpha value is -1.97. The van der Waals surface area contributed by atoms with Crippen molar-refractivity contribution in [1.29, 1.82) is 0 Å². The predicted molar refractivity (Wildman–Crippen MR) is 83.6 cm³/mol. The topological polar surface area (TPSA) is 62.1 Å². The number of ether oxygens (including phenoxy) is 1. The summed E-state index contributed by atoms with van der Waals surface area (Å²) < 4.78 is 5.96. The average Bonchev–Trinajstić information content (AvgIpc) is 2.67. The van der Waals surface area contributed by atoms with Crippen molar-refractivity contribution >= 4 is 12.0 Å². The van der Waals surface area contributed by atoms with Gasteiger partial charge in [-0.25, -0.2) is 0 Å². The molecule has 0 unspecified atom stereocenters. The first-order chi connectivity index (χ1) is 9.68. The Bertz CT molecular complexity index is 607. The summed E-state index contributed by atoms with van der Waals surface area (Å²) in [4.78, 5) is 0. The number of hydrogen-bond donors (Lipinski definition) is 2. The molecule has 2 rings (SSSR count). The van der Waals surface area contributed by atoms with Crippen LogP contribution in [-0.2, 0) is 4.74 Å². The zero-order chi connectivity index (χ0) is 15.8. The molecule has 4 nitrogen and oxygen atoms in total. The summed E-state index contributed by atoms with van der Waals surface area (Å²) in [6, 6.07) is 5.21. The van der Waals surface area contributed by atoms with Gasteiger partial charge in [0.25, 0.3) is 0 Å². The molecule has 1 aromatic carbocycles. The summed E-state index contributed by atoms with van der Waals surface area (Å²) in [7, 11) is 0. The van der Waals surface area contributed by atoms with Crippen LogP contribution < -0.4 is 0 Å². The lowest BCUT2D eigenvalue weighted by atomic mass is 9.71. The van der Waals surface area contributed by atoms with E-state index in [2.05, 4.69) is 39.8 Å². The molecule has 0 aliphatic carbocycles. The van der Waals surface area contributed by atoms with Gasteiger partial charge in [-0.05, 0) is 17.1 Å². The molecule has 0 spiro atoms. The molecule has 21 heavy (non-hydrogen) atoms. The van der Waals surface area contributed by atoms with Crippen LogP contribution in [0.1, 0.15) is 45.7 Å². The molecule has 1 aromatic rings. The van der Waals surface area contributed by atoms with E-state index >= 15 is 0 Å². The maximum absolute atomic E-state index is 10.0. The molecule has 0 saturated heterocycles. The summed E-state index contributed by atoms with van der Waals surface area (Å²) >= 11 is 0. The Labute approximate surface area is 125 Å². The predicted octanol–water partition coefficient (Wildman–Crippen LogP) is 4.01.